The molecule has 0 atom stereocenters. The molecule has 0 bridgehead atoms. The molecule has 0 saturated carbocycles. The first-order valence-corrected chi connectivity index (χ1v) is 12.8. The first-order chi connectivity index (χ1) is 16.2. The van der Waals surface area contributed by atoms with Gasteiger partial charge in [-0.2, -0.15) is 4.58 Å². The van der Waals surface area contributed by atoms with Crippen molar-refractivity contribution in [2.75, 3.05) is 19.0 Å². The third-order valence-electron chi connectivity index (χ3n) is 7.53. The molecule has 0 N–H and O–H groups in total. The van der Waals surface area contributed by atoms with Crippen LogP contribution < -0.4 is 4.90 Å². The predicted octanol–water partition coefficient (Wildman–Crippen LogP) is 7.71. The first kappa shape index (κ1) is 22.6. The van der Waals surface area contributed by atoms with Crippen molar-refractivity contribution in [1.29, 1.82) is 0 Å². The molecule has 0 fully saturated rings. The lowest BCUT2D eigenvalue weighted by atomic mass is 9.81. The smallest absolute Gasteiger partial charge is 0.209 e. The summed E-state index contributed by atoms with van der Waals surface area (Å²) in [6.45, 7) is 9.27. The van der Waals surface area contributed by atoms with Gasteiger partial charge in [0.1, 0.15) is 7.05 Å². The fourth-order valence-corrected chi connectivity index (χ4v) is 6.34. The normalized spacial score (nSPS) is 19.9. The molecule has 2 nitrogen and oxygen atoms in total. The van der Waals surface area contributed by atoms with E-state index in [2.05, 4.69) is 142 Å². The Kier molecular flexibility index (Phi) is 5.49. The van der Waals surface area contributed by atoms with Crippen LogP contribution in [0, 0.1) is 0 Å². The molecule has 0 radical (unpaired) electrons. The van der Waals surface area contributed by atoms with Crippen molar-refractivity contribution < 1.29 is 4.58 Å². The van der Waals surface area contributed by atoms with E-state index in [0.29, 0.717) is 0 Å². The van der Waals surface area contributed by atoms with Crippen LogP contribution in [0.1, 0.15) is 43.7 Å². The van der Waals surface area contributed by atoms with E-state index in [-0.39, 0.29) is 10.8 Å². The molecular weight excluding hydrogens is 432 g/mol. The predicted molar refractivity (Wildman–Crippen MR) is 148 cm³/mol. The van der Waals surface area contributed by atoms with Gasteiger partial charge in [0, 0.05) is 46.4 Å². The molecule has 34 heavy (non-hydrogen) atoms. The van der Waals surface area contributed by atoms with Crippen LogP contribution in [0.25, 0.3) is 5.57 Å². The van der Waals surface area contributed by atoms with Crippen LogP contribution in [0.15, 0.2) is 96.0 Å². The Bertz CT molecular complexity index is 1360. The minimum absolute atomic E-state index is 0.0316. The lowest BCUT2D eigenvalue weighted by Gasteiger charge is -2.23. The summed E-state index contributed by atoms with van der Waals surface area (Å²) in [5.41, 5.74) is 9.15. The largest absolute Gasteiger partial charge is 0.347 e. The van der Waals surface area contributed by atoms with E-state index in [4.69, 9.17) is 0 Å². The summed E-state index contributed by atoms with van der Waals surface area (Å²) in [4.78, 5) is 3.61. The van der Waals surface area contributed by atoms with Crippen LogP contribution in [-0.2, 0) is 10.8 Å². The quantitative estimate of drug-likeness (QED) is 0.282. The average molecular weight is 466 g/mol. The van der Waals surface area contributed by atoms with Crippen LogP contribution in [-0.4, -0.2) is 24.4 Å². The van der Waals surface area contributed by atoms with Crippen molar-refractivity contribution >= 4 is 34.0 Å². The number of likely N-dealkylation sites (N-methyl/N-ethyl adjacent to an activating group) is 1. The van der Waals surface area contributed by atoms with Gasteiger partial charge in [-0.25, -0.2) is 0 Å². The van der Waals surface area contributed by atoms with Crippen molar-refractivity contribution in [3.8, 4) is 0 Å². The molecule has 2 aromatic carbocycles. The molecule has 0 amide bonds. The van der Waals surface area contributed by atoms with E-state index in [1.54, 1.807) is 11.3 Å². The minimum Gasteiger partial charge on any atom is -0.347 e. The highest BCUT2D eigenvalue weighted by molar-refractivity contribution is 7.11. The standard InChI is InChI=1S/C31H33N2S/c1-30(2)23-12-7-9-14-25(23)32(5)28(30)19-17-22(27-16-11-21-34-27)18-20-29-31(3,4)24-13-8-10-15-26(24)33(29)6/h7-21H,1-6H3/q+1. The second-order valence-corrected chi connectivity index (χ2v) is 11.2. The second-order valence-electron chi connectivity index (χ2n) is 10.3. The van der Waals surface area contributed by atoms with Gasteiger partial charge in [0.2, 0.25) is 5.69 Å². The molecule has 0 saturated heterocycles. The molecular formula is C31H33N2S+. The molecule has 3 heterocycles. The summed E-state index contributed by atoms with van der Waals surface area (Å²) in [6.07, 6.45) is 9.19. The monoisotopic (exact) mass is 465 g/mol. The van der Waals surface area contributed by atoms with Crippen molar-refractivity contribution in [3.05, 3.63) is 112 Å². The third kappa shape index (κ3) is 3.50. The highest BCUT2D eigenvalue weighted by atomic mass is 32.1. The van der Waals surface area contributed by atoms with Gasteiger partial charge in [-0.05, 0) is 54.6 Å². The van der Waals surface area contributed by atoms with Crippen LogP contribution in [0.4, 0.5) is 11.4 Å². The van der Waals surface area contributed by atoms with E-state index < -0.39 is 0 Å². The minimum atomic E-state index is -0.0316. The zero-order chi connectivity index (χ0) is 24.1. The van der Waals surface area contributed by atoms with Gasteiger partial charge in [-0.3, -0.25) is 0 Å². The second kappa shape index (κ2) is 8.25. The van der Waals surface area contributed by atoms with E-state index in [9.17, 15) is 0 Å². The van der Waals surface area contributed by atoms with Gasteiger partial charge >= 0.3 is 0 Å². The number of para-hydroxylation sites is 2. The number of benzene rings is 2. The summed E-state index contributed by atoms with van der Waals surface area (Å²) < 4.78 is 2.33. The molecule has 2 aliphatic rings. The van der Waals surface area contributed by atoms with Gasteiger partial charge in [0.15, 0.2) is 5.71 Å². The summed E-state index contributed by atoms with van der Waals surface area (Å²) in [5, 5.41) is 2.15. The van der Waals surface area contributed by atoms with Crippen molar-refractivity contribution in [1.82, 2.24) is 0 Å². The molecule has 0 spiro atoms. The van der Waals surface area contributed by atoms with Gasteiger partial charge in [-0.1, -0.05) is 62.4 Å². The van der Waals surface area contributed by atoms with Crippen LogP contribution >= 0.6 is 11.3 Å². The van der Waals surface area contributed by atoms with Crippen LogP contribution in [0.5, 0.6) is 0 Å². The SMILES string of the molecule is CN1/C(=C/C=C(/C=C/C2=[N+](C)c3ccccc3C2(C)C)c2cccs2)C(C)(C)c2ccccc21. The Hall–Kier alpha value is -3.17. The lowest BCUT2D eigenvalue weighted by molar-refractivity contribution is -0.401. The zero-order valence-electron chi connectivity index (χ0n) is 21.0. The number of fused-ring (bicyclic) bond motifs is 2. The Morgan fingerprint density at radius 2 is 1.59 bits per heavy atom. The van der Waals surface area contributed by atoms with Gasteiger partial charge < -0.3 is 4.90 Å². The summed E-state index contributed by atoms with van der Waals surface area (Å²) in [5.74, 6) is 0. The molecule has 172 valence electrons. The average Bonchev–Trinajstić information content (AvgIpc) is 3.47. The summed E-state index contributed by atoms with van der Waals surface area (Å²) in [7, 11) is 4.36. The number of thiophene rings is 1. The Labute approximate surface area is 207 Å². The summed E-state index contributed by atoms with van der Waals surface area (Å²) >= 11 is 1.79. The molecule has 1 aromatic heterocycles. The molecule has 0 aliphatic carbocycles. The van der Waals surface area contributed by atoms with Crippen LogP contribution in [0.3, 0.4) is 0 Å². The van der Waals surface area contributed by atoms with E-state index in [1.807, 2.05) is 0 Å². The van der Waals surface area contributed by atoms with Crippen molar-refractivity contribution in [2.24, 2.45) is 0 Å². The Morgan fingerprint density at radius 3 is 2.26 bits per heavy atom. The topological polar surface area (TPSA) is 6.25 Å². The number of nitrogens with zero attached hydrogens (tertiary/aromatic N) is 2. The maximum atomic E-state index is 2.33. The number of hydrogen-bond acceptors (Lipinski definition) is 2. The van der Waals surface area contributed by atoms with E-state index in [0.717, 1.165) is 0 Å². The number of allylic oxidation sites excluding steroid dienone is 6. The molecule has 5 rings (SSSR count). The van der Waals surface area contributed by atoms with Crippen LogP contribution in [0.2, 0.25) is 0 Å². The van der Waals surface area contributed by atoms with E-state index in [1.165, 1.54) is 44.4 Å². The third-order valence-corrected chi connectivity index (χ3v) is 8.45. The maximum absolute atomic E-state index is 2.33. The lowest BCUT2D eigenvalue weighted by Crippen LogP contribution is -2.26. The highest BCUT2D eigenvalue weighted by Gasteiger charge is 2.42. The fourth-order valence-electron chi connectivity index (χ4n) is 5.60. The highest BCUT2D eigenvalue weighted by Crippen LogP contribution is 2.46. The van der Waals surface area contributed by atoms with Crippen molar-refractivity contribution in [2.45, 2.75) is 38.5 Å². The van der Waals surface area contributed by atoms with Gasteiger partial charge in [-0.15, -0.1) is 11.3 Å². The maximum Gasteiger partial charge on any atom is 0.209 e. The number of hydrogen-bond donors (Lipinski definition) is 0. The number of rotatable bonds is 4. The summed E-state index contributed by atoms with van der Waals surface area (Å²) in [6, 6.07) is 21.8. The number of anilines is 1. The molecule has 2 aliphatic heterocycles. The Morgan fingerprint density at radius 1 is 0.882 bits per heavy atom. The van der Waals surface area contributed by atoms with Crippen molar-refractivity contribution in [3.63, 3.8) is 0 Å². The van der Waals surface area contributed by atoms with Gasteiger partial charge in [0.05, 0.1) is 5.41 Å². The van der Waals surface area contributed by atoms with Gasteiger partial charge in [0.25, 0.3) is 0 Å². The Balaban J connectivity index is 1.55. The molecule has 3 aromatic rings. The fraction of sp³-hybridized carbons (Fsp3) is 0.258. The molecule has 3 heteroatoms. The first-order valence-electron chi connectivity index (χ1n) is 11.9. The van der Waals surface area contributed by atoms with E-state index >= 15 is 0 Å². The molecule has 0 unspecified atom stereocenters. The zero-order valence-corrected chi connectivity index (χ0v) is 21.8.